The molecule has 1 N–H and O–H groups in total. The molecule has 0 fully saturated rings. The van der Waals surface area contributed by atoms with Gasteiger partial charge >= 0.3 is 0 Å². The number of hydrogen-bond acceptors (Lipinski definition) is 6. The van der Waals surface area contributed by atoms with Gasteiger partial charge < -0.3 is 9.73 Å². The zero-order valence-electron chi connectivity index (χ0n) is 17.7. The highest BCUT2D eigenvalue weighted by atomic mass is 35.5. The minimum atomic E-state index is -0.189. The number of nitrogens with one attached hydrogen (secondary N) is 1. The first-order valence-corrected chi connectivity index (χ1v) is 11.5. The number of rotatable bonds is 8. The van der Waals surface area contributed by atoms with E-state index in [9.17, 15) is 9.59 Å². The molecule has 4 aromatic rings. The number of fused-ring (bicyclic) bond motifs is 1. The lowest BCUT2D eigenvalue weighted by atomic mass is 10.2. The normalized spacial score (nSPS) is 11.2. The molecule has 3 heterocycles. The first kappa shape index (κ1) is 22.2. The van der Waals surface area contributed by atoms with Crippen LogP contribution in [0, 0.1) is 6.92 Å². The summed E-state index contributed by atoms with van der Waals surface area (Å²) in [5, 5.41) is 8.34. The lowest BCUT2D eigenvalue weighted by Gasteiger charge is -2.13. The highest BCUT2D eigenvalue weighted by Gasteiger charge is 2.19. The van der Waals surface area contributed by atoms with Gasteiger partial charge in [-0.15, -0.1) is 0 Å². The summed E-state index contributed by atoms with van der Waals surface area (Å²) in [5.74, 6) is 0.602. The Balaban J connectivity index is 1.64. The Hall–Kier alpha value is -3.04. The second kappa shape index (κ2) is 9.62. The molecule has 0 atom stereocenters. The smallest absolute Gasteiger partial charge is 0.280 e. The van der Waals surface area contributed by atoms with Crippen LogP contribution in [-0.4, -0.2) is 31.0 Å². The first-order valence-electron chi connectivity index (χ1n) is 10.1. The average Bonchev–Trinajstić information content (AvgIpc) is 3.42. The molecule has 0 saturated heterocycles. The number of carbonyl (C=O) groups is 1. The second-order valence-corrected chi connectivity index (χ2v) is 8.53. The highest BCUT2D eigenvalue weighted by molar-refractivity contribution is 7.99. The zero-order chi connectivity index (χ0) is 22.7. The van der Waals surface area contributed by atoms with Crippen molar-refractivity contribution < 1.29 is 9.21 Å². The quantitative estimate of drug-likeness (QED) is 0.311. The van der Waals surface area contributed by atoms with E-state index in [1.807, 2.05) is 26.0 Å². The van der Waals surface area contributed by atoms with E-state index in [-0.39, 0.29) is 17.2 Å². The van der Waals surface area contributed by atoms with Gasteiger partial charge in [0.15, 0.2) is 10.7 Å². The van der Waals surface area contributed by atoms with Crippen LogP contribution in [-0.2, 0) is 24.4 Å². The number of aromatic nitrogens is 4. The van der Waals surface area contributed by atoms with Crippen molar-refractivity contribution in [3.63, 3.8) is 0 Å². The van der Waals surface area contributed by atoms with Crippen LogP contribution in [0.15, 0.2) is 57.0 Å². The predicted octanol–water partition coefficient (Wildman–Crippen LogP) is 3.62. The average molecular weight is 472 g/mol. The minimum Gasteiger partial charge on any atom is -0.467 e. The molecule has 166 valence electrons. The summed E-state index contributed by atoms with van der Waals surface area (Å²) >= 11 is 7.22. The number of thioether (sulfide) groups is 1. The molecule has 0 bridgehead atoms. The standard InChI is InChI=1S/C22H22ClN5O3S/c1-3-28-20-19(14(2)26-28)25-22(32-13-18(29)24-11-17-5-4-10-31-17)27(21(20)30)12-15-6-8-16(23)9-7-15/h4-10H,3,11-13H2,1-2H3,(H,24,29). The molecule has 8 nitrogen and oxygen atoms in total. The molecule has 32 heavy (non-hydrogen) atoms. The zero-order valence-corrected chi connectivity index (χ0v) is 19.2. The Morgan fingerprint density at radius 1 is 1.25 bits per heavy atom. The summed E-state index contributed by atoms with van der Waals surface area (Å²) in [5.41, 5.74) is 2.42. The van der Waals surface area contributed by atoms with Gasteiger partial charge in [-0.2, -0.15) is 5.10 Å². The maximum atomic E-state index is 13.4. The Kier molecular flexibility index (Phi) is 6.66. The van der Waals surface area contributed by atoms with Crippen LogP contribution in [0.1, 0.15) is 23.9 Å². The van der Waals surface area contributed by atoms with Gasteiger partial charge in [0, 0.05) is 11.6 Å². The molecule has 4 rings (SSSR count). The van der Waals surface area contributed by atoms with Crippen LogP contribution in [0.25, 0.3) is 11.0 Å². The maximum Gasteiger partial charge on any atom is 0.280 e. The van der Waals surface area contributed by atoms with Gasteiger partial charge in [-0.3, -0.25) is 18.8 Å². The van der Waals surface area contributed by atoms with E-state index in [2.05, 4.69) is 10.4 Å². The van der Waals surface area contributed by atoms with E-state index in [1.54, 1.807) is 39.8 Å². The van der Waals surface area contributed by atoms with Crippen molar-refractivity contribution in [2.45, 2.75) is 38.6 Å². The summed E-state index contributed by atoms with van der Waals surface area (Å²) in [6, 6.07) is 10.9. The molecule has 0 unspecified atom stereocenters. The highest BCUT2D eigenvalue weighted by Crippen LogP contribution is 2.21. The number of halogens is 1. The van der Waals surface area contributed by atoms with Crippen LogP contribution in [0.4, 0.5) is 0 Å². The number of carbonyl (C=O) groups excluding carboxylic acids is 1. The fraction of sp³-hybridized carbons (Fsp3) is 0.273. The van der Waals surface area contributed by atoms with Gasteiger partial charge in [0.05, 0.1) is 30.8 Å². The number of amides is 1. The van der Waals surface area contributed by atoms with Gasteiger partial charge in [-0.05, 0) is 43.7 Å². The molecule has 0 saturated carbocycles. The van der Waals surface area contributed by atoms with Gasteiger partial charge in [0.1, 0.15) is 11.3 Å². The lowest BCUT2D eigenvalue weighted by Crippen LogP contribution is -2.27. The number of nitrogens with zero attached hydrogens (tertiary/aromatic N) is 4. The molecule has 0 aliphatic heterocycles. The van der Waals surface area contributed by atoms with Crippen LogP contribution in [0.2, 0.25) is 5.02 Å². The molecule has 10 heteroatoms. The molecule has 0 spiro atoms. The van der Waals surface area contributed by atoms with Crippen molar-refractivity contribution in [3.05, 3.63) is 75.1 Å². The van der Waals surface area contributed by atoms with Crippen LogP contribution in [0.5, 0.6) is 0 Å². The maximum absolute atomic E-state index is 13.4. The third kappa shape index (κ3) is 4.73. The van der Waals surface area contributed by atoms with E-state index in [4.69, 9.17) is 21.0 Å². The molecular weight excluding hydrogens is 450 g/mol. The molecule has 0 aliphatic carbocycles. The summed E-state index contributed by atoms with van der Waals surface area (Å²) in [6.07, 6.45) is 1.56. The van der Waals surface area contributed by atoms with Gasteiger partial charge in [0.2, 0.25) is 5.91 Å². The van der Waals surface area contributed by atoms with Crippen molar-refractivity contribution in [2.24, 2.45) is 0 Å². The van der Waals surface area contributed by atoms with Crippen molar-refractivity contribution in [1.82, 2.24) is 24.6 Å². The number of benzene rings is 1. The van der Waals surface area contributed by atoms with Crippen molar-refractivity contribution >= 4 is 40.3 Å². The Labute approximate surface area is 193 Å². The van der Waals surface area contributed by atoms with E-state index in [0.717, 1.165) is 5.56 Å². The Morgan fingerprint density at radius 2 is 2.03 bits per heavy atom. The molecular formula is C22H22ClN5O3S. The fourth-order valence-electron chi connectivity index (χ4n) is 3.32. The number of hydrogen-bond donors (Lipinski definition) is 1. The molecule has 0 aliphatic rings. The minimum absolute atomic E-state index is 0.111. The summed E-state index contributed by atoms with van der Waals surface area (Å²) in [7, 11) is 0. The monoisotopic (exact) mass is 471 g/mol. The van der Waals surface area contributed by atoms with E-state index in [1.165, 1.54) is 11.8 Å². The Morgan fingerprint density at radius 3 is 2.72 bits per heavy atom. The van der Waals surface area contributed by atoms with Crippen molar-refractivity contribution in [1.29, 1.82) is 0 Å². The molecule has 3 aromatic heterocycles. The predicted molar refractivity (Wildman–Crippen MR) is 124 cm³/mol. The molecule has 1 amide bonds. The topological polar surface area (TPSA) is 94.9 Å². The molecule has 1 aromatic carbocycles. The first-order chi connectivity index (χ1) is 15.5. The van der Waals surface area contributed by atoms with Crippen LogP contribution >= 0.6 is 23.4 Å². The second-order valence-electron chi connectivity index (χ2n) is 7.16. The van der Waals surface area contributed by atoms with E-state index >= 15 is 0 Å². The lowest BCUT2D eigenvalue weighted by molar-refractivity contribution is -0.118. The number of furan rings is 1. The third-order valence-corrected chi connectivity index (χ3v) is 6.14. The van der Waals surface area contributed by atoms with E-state index < -0.39 is 0 Å². The number of aryl methyl sites for hydroxylation is 2. The summed E-state index contributed by atoms with van der Waals surface area (Å²) in [4.78, 5) is 30.5. The SMILES string of the molecule is CCn1nc(C)c2nc(SCC(=O)NCc3ccco3)n(Cc3ccc(Cl)cc3)c(=O)c21. The van der Waals surface area contributed by atoms with Crippen LogP contribution in [0.3, 0.4) is 0 Å². The third-order valence-electron chi connectivity index (χ3n) is 4.91. The van der Waals surface area contributed by atoms with Gasteiger partial charge in [-0.1, -0.05) is 35.5 Å². The van der Waals surface area contributed by atoms with Gasteiger partial charge in [0.25, 0.3) is 5.56 Å². The fourth-order valence-corrected chi connectivity index (χ4v) is 4.27. The van der Waals surface area contributed by atoms with Crippen molar-refractivity contribution in [3.8, 4) is 0 Å². The van der Waals surface area contributed by atoms with Crippen LogP contribution < -0.4 is 10.9 Å². The summed E-state index contributed by atoms with van der Waals surface area (Å²) in [6.45, 7) is 4.93. The summed E-state index contributed by atoms with van der Waals surface area (Å²) < 4.78 is 8.49. The van der Waals surface area contributed by atoms with Crippen molar-refractivity contribution in [2.75, 3.05) is 5.75 Å². The van der Waals surface area contributed by atoms with E-state index in [0.29, 0.717) is 52.3 Å². The molecule has 0 radical (unpaired) electrons. The Bertz CT molecular complexity index is 1300. The largest absolute Gasteiger partial charge is 0.467 e. The van der Waals surface area contributed by atoms with Gasteiger partial charge in [-0.25, -0.2) is 4.98 Å².